The summed E-state index contributed by atoms with van der Waals surface area (Å²) in [7, 11) is 0. The molecule has 2 aliphatic heterocycles. The number of pyridine rings is 1. The van der Waals surface area contributed by atoms with Crippen LogP contribution in [-0.4, -0.2) is 40.9 Å². The second-order valence-corrected chi connectivity index (χ2v) is 7.13. The lowest BCUT2D eigenvalue weighted by molar-refractivity contribution is -0.133. The molecule has 0 bridgehead atoms. The molecule has 1 fully saturated rings. The number of aromatic nitrogens is 1. The summed E-state index contributed by atoms with van der Waals surface area (Å²) in [6.45, 7) is 2.11. The van der Waals surface area contributed by atoms with Crippen LogP contribution in [-0.2, 0) is 32.9 Å². The van der Waals surface area contributed by atoms with Gasteiger partial charge in [0.1, 0.15) is 17.9 Å². The summed E-state index contributed by atoms with van der Waals surface area (Å²) in [6.07, 6.45) is 2.25. The van der Waals surface area contributed by atoms with E-state index in [1.54, 1.807) is 6.07 Å². The lowest BCUT2D eigenvalue weighted by Gasteiger charge is -2.22. The minimum atomic E-state index is -1.37. The highest BCUT2D eigenvalue weighted by molar-refractivity contribution is 6.10. The highest BCUT2D eigenvalue weighted by atomic mass is 19.1. The summed E-state index contributed by atoms with van der Waals surface area (Å²) in [4.78, 5) is 42.8. The van der Waals surface area contributed by atoms with E-state index >= 15 is 0 Å². The maximum atomic E-state index is 13.2. The molecule has 8 nitrogen and oxygen atoms in total. The van der Waals surface area contributed by atoms with Crippen molar-refractivity contribution >= 4 is 23.5 Å². The van der Waals surface area contributed by atoms with Gasteiger partial charge in [-0.15, -0.1) is 0 Å². The molecule has 0 aliphatic carbocycles. The molecule has 29 heavy (non-hydrogen) atoms. The van der Waals surface area contributed by atoms with Crippen molar-refractivity contribution in [2.24, 2.45) is 0 Å². The number of fused-ring (bicyclic) bond motifs is 1. The van der Waals surface area contributed by atoms with Gasteiger partial charge in [0.05, 0.1) is 25.1 Å². The molecule has 0 spiro atoms. The Morgan fingerprint density at radius 2 is 2.10 bits per heavy atom. The van der Waals surface area contributed by atoms with E-state index in [9.17, 15) is 18.8 Å². The van der Waals surface area contributed by atoms with Gasteiger partial charge in [-0.05, 0) is 30.7 Å². The van der Waals surface area contributed by atoms with E-state index in [-0.39, 0.29) is 0 Å². The summed E-state index contributed by atoms with van der Waals surface area (Å²) in [6, 6.07) is 6.36. The number of hydrogen-bond acceptors (Lipinski definition) is 5. The maximum absolute atomic E-state index is 13.2. The molecule has 2 aromatic rings. The van der Waals surface area contributed by atoms with Crippen molar-refractivity contribution in [3.8, 4) is 0 Å². The van der Waals surface area contributed by atoms with Crippen molar-refractivity contribution in [1.29, 1.82) is 0 Å². The van der Waals surface area contributed by atoms with E-state index in [2.05, 4.69) is 15.6 Å². The lowest BCUT2D eigenvalue weighted by Crippen LogP contribution is -2.42. The molecule has 1 aromatic carbocycles. The fourth-order valence-electron chi connectivity index (χ4n) is 3.47. The molecule has 2 aliphatic rings. The van der Waals surface area contributed by atoms with Crippen molar-refractivity contribution in [3.63, 3.8) is 0 Å². The zero-order valence-corrected chi connectivity index (χ0v) is 15.7. The number of hydrogen-bond donors (Lipinski definition) is 2. The van der Waals surface area contributed by atoms with Crippen molar-refractivity contribution in [1.82, 2.24) is 15.2 Å². The van der Waals surface area contributed by atoms with Gasteiger partial charge in [0.25, 0.3) is 5.91 Å². The van der Waals surface area contributed by atoms with Crippen LogP contribution in [0.3, 0.4) is 0 Å². The molecule has 1 atom stereocenters. The third kappa shape index (κ3) is 3.56. The predicted octanol–water partition coefficient (Wildman–Crippen LogP) is 1.70. The molecule has 0 saturated carbocycles. The third-order valence-corrected chi connectivity index (χ3v) is 5.08. The number of rotatable bonds is 4. The minimum absolute atomic E-state index is 0.426. The third-order valence-electron chi connectivity index (χ3n) is 5.08. The molecule has 3 heterocycles. The van der Waals surface area contributed by atoms with E-state index in [0.717, 1.165) is 16.2 Å². The molecule has 4 amide bonds. The molecule has 4 rings (SSSR count). The van der Waals surface area contributed by atoms with Gasteiger partial charge in [-0.1, -0.05) is 12.1 Å². The van der Waals surface area contributed by atoms with Gasteiger partial charge in [-0.25, -0.2) is 9.18 Å². The first-order valence-corrected chi connectivity index (χ1v) is 9.12. The first-order chi connectivity index (χ1) is 13.9. The number of nitrogens with one attached hydrogen (secondary N) is 2. The number of anilines is 1. The van der Waals surface area contributed by atoms with E-state index < -0.39 is 35.7 Å². The first-order valence-electron chi connectivity index (χ1n) is 9.12. The predicted molar refractivity (Wildman–Crippen MR) is 100 cm³/mol. The summed E-state index contributed by atoms with van der Waals surface area (Å²) < 4.78 is 18.6. The van der Waals surface area contributed by atoms with Crippen molar-refractivity contribution in [2.75, 3.05) is 18.5 Å². The van der Waals surface area contributed by atoms with Gasteiger partial charge in [0, 0.05) is 17.7 Å². The zero-order valence-electron chi connectivity index (χ0n) is 15.7. The molecule has 1 aromatic heterocycles. The second-order valence-electron chi connectivity index (χ2n) is 7.13. The van der Waals surface area contributed by atoms with Gasteiger partial charge in [-0.3, -0.25) is 19.5 Å². The number of carbonyl (C=O) groups excluding carboxylic acids is 3. The molecular weight excluding hydrogens is 379 g/mol. The SMILES string of the molecule is CC1(c2ccc(F)cc2)NC(=O)N(CC(=O)Nc2cnc3c(c2)COCC3)C1=O. The standard InChI is InChI=1S/C20H19FN4O4/c1-20(13-2-4-14(21)5-3-13)18(27)25(19(28)24-20)10-17(26)23-15-8-12-11-29-7-6-16(12)22-9-15/h2-5,8-9H,6-7,10-11H2,1H3,(H,23,26)(H,24,28). The second kappa shape index (κ2) is 7.25. The van der Waals surface area contributed by atoms with Crippen LogP contribution in [0.2, 0.25) is 0 Å². The number of amides is 4. The van der Waals surface area contributed by atoms with Gasteiger partial charge in [0.15, 0.2) is 0 Å². The van der Waals surface area contributed by atoms with Crippen LogP contribution in [0, 0.1) is 5.82 Å². The molecule has 2 N–H and O–H groups in total. The Morgan fingerprint density at radius 1 is 1.34 bits per heavy atom. The van der Waals surface area contributed by atoms with Gasteiger partial charge in [0.2, 0.25) is 5.91 Å². The number of carbonyl (C=O) groups is 3. The van der Waals surface area contributed by atoms with Crippen molar-refractivity contribution < 1.29 is 23.5 Å². The van der Waals surface area contributed by atoms with Crippen LogP contribution in [0.1, 0.15) is 23.7 Å². The van der Waals surface area contributed by atoms with Crippen LogP contribution in [0.25, 0.3) is 0 Å². The summed E-state index contributed by atoms with van der Waals surface area (Å²) in [5.41, 5.74) is 1.36. The average molecular weight is 398 g/mol. The molecular formula is C20H19FN4O4. The van der Waals surface area contributed by atoms with Gasteiger partial charge in [-0.2, -0.15) is 0 Å². The van der Waals surface area contributed by atoms with E-state index in [0.29, 0.717) is 30.9 Å². The van der Waals surface area contributed by atoms with Crippen molar-refractivity contribution in [3.05, 3.63) is 59.2 Å². The average Bonchev–Trinajstić information content (AvgIpc) is 2.92. The Balaban J connectivity index is 1.46. The normalized spacial score (nSPS) is 21.0. The van der Waals surface area contributed by atoms with E-state index in [1.807, 2.05) is 0 Å². The van der Waals surface area contributed by atoms with E-state index in [1.165, 1.54) is 37.4 Å². The number of halogens is 1. The number of imide groups is 1. The molecule has 1 unspecified atom stereocenters. The molecule has 0 radical (unpaired) electrons. The smallest absolute Gasteiger partial charge is 0.325 e. The summed E-state index contributed by atoms with van der Waals surface area (Å²) in [5.74, 6) is -1.56. The van der Waals surface area contributed by atoms with Crippen molar-refractivity contribution in [2.45, 2.75) is 25.5 Å². The van der Waals surface area contributed by atoms with Crippen LogP contribution < -0.4 is 10.6 Å². The van der Waals surface area contributed by atoms with Gasteiger partial charge < -0.3 is 15.4 Å². The van der Waals surface area contributed by atoms with Crippen LogP contribution in [0.5, 0.6) is 0 Å². The molecule has 150 valence electrons. The Labute approximate surface area is 166 Å². The minimum Gasteiger partial charge on any atom is -0.376 e. The summed E-state index contributed by atoms with van der Waals surface area (Å²) >= 11 is 0. The highest BCUT2D eigenvalue weighted by Crippen LogP contribution is 2.29. The topological polar surface area (TPSA) is 101 Å². The van der Waals surface area contributed by atoms with Crippen LogP contribution in [0.15, 0.2) is 36.5 Å². The van der Waals surface area contributed by atoms with Crippen LogP contribution >= 0.6 is 0 Å². The summed E-state index contributed by atoms with van der Waals surface area (Å²) in [5, 5.41) is 5.24. The maximum Gasteiger partial charge on any atom is 0.325 e. The monoisotopic (exact) mass is 398 g/mol. The quantitative estimate of drug-likeness (QED) is 0.764. The van der Waals surface area contributed by atoms with E-state index in [4.69, 9.17) is 4.74 Å². The Hall–Kier alpha value is -3.33. The Kier molecular flexibility index (Phi) is 4.75. The lowest BCUT2D eigenvalue weighted by atomic mass is 9.92. The Morgan fingerprint density at radius 3 is 2.86 bits per heavy atom. The number of ether oxygens (including phenoxy) is 1. The number of nitrogens with zero attached hydrogens (tertiary/aromatic N) is 2. The van der Waals surface area contributed by atoms with Gasteiger partial charge >= 0.3 is 6.03 Å². The Bertz CT molecular complexity index is 994. The molecule has 1 saturated heterocycles. The largest absolute Gasteiger partial charge is 0.376 e. The highest BCUT2D eigenvalue weighted by Gasteiger charge is 2.49. The first kappa shape index (κ1) is 19.0. The number of benzene rings is 1. The van der Waals surface area contributed by atoms with Crippen LogP contribution in [0.4, 0.5) is 14.9 Å². The fourth-order valence-corrected chi connectivity index (χ4v) is 3.47. The molecule has 9 heteroatoms. The number of urea groups is 1. The fraction of sp³-hybridized carbons (Fsp3) is 0.300. The zero-order chi connectivity index (χ0) is 20.6.